The summed E-state index contributed by atoms with van der Waals surface area (Å²) in [6.45, 7) is 11.0. The molecule has 35 heavy (non-hydrogen) atoms. The van der Waals surface area contributed by atoms with E-state index < -0.39 is 21.8 Å². The van der Waals surface area contributed by atoms with Gasteiger partial charge in [0.05, 0.1) is 17.2 Å². The number of carbonyl (C=O) groups is 1. The van der Waals surface area contributed by atoms with Crippen molar-refractivity contribution < 1.29 is 27.4 Å². The van der Waals surface area contributed by atoms with E-state index in [1.807, 2.05) is 13.8 Å². The molecular formula is C26H33FN2O5S. The first kappa shape index (κ1) is 25.4. The number of aromatic carboxylic acids is 1. The van der Waals surface area contributed by atoms with E-state index in [1.54, 1.807) is 6.07 Å². The van der Waals surface area contributed by atoms with Gasteiger partial charge >= 0.3 is 5.97 Å². The third kappa shape index (κ3) is 5.30. The second-order valence-electron chi connectivity index (χ2n) is 10.3. The Kier molecular flexibility index (Phi) is 6.85. The van der Waals surface area contributed by atoms with Gasteiger partial charge in [-0.2, -0.15) is 0 Å². The lowest BCUT2D eigenvalue weighted by Crippen LogP contribution is -2.35. The highest BCUT2D eigenvalue weighted by atomic mass is 32.2. The molecule has 0 saturated heterocycles. The van der Waals surface area contributed by atoms with E-state index in [0.29, 0.717) is 24.5 Å². The second kappa shape index (κ2) is 9.43. The lowest BCUT2D eigenvalue weighted by atomic mass is 9.85. The van der Waals surface area contributed by atoms with Crippen LogP contribution >= 0.6 is 0 Å². The molecule has 2 aromatic rings. The molecule has 0 spiro atoms. The molecule has 1 aliphatic heterocycles. The Morgan fingerprint density at radius 2 is 1.94 bits per heavy atom. The molecule has 0 unspecified atom stereocenters. The van der Waals surface area contributed by atoms with Crippen molar-refractivity contribution in [1.82, 2.24) is 4.90 Å². The molecule has 9 heteroatoms. The molecule has 1 fully saturated rings. The molecule has 1 aliphatic carbocycles. The van der Waals surface area contributed by atoms with Gasteiger partial charge in [-0.3, -0.25) is 4.72 Å². The zero-order chi connectivity index (χ0) is 25.5. The van der Waals surface area contributed by atoms with Gasteiger partial charge in [-0.05, 0) is 72.7 Å². The topological polar surface area (TPSA) is 95.9 Å². The minimum Gasteiger partial charge on any atom is -0.492 e. The van der Waals surface area contributed by atoms with Crippen LogP contribution < -0.4 is 9.46 Å². The molecule has 0 amide bonds. The third-order valence-corrected chi connectivity index (χ3v) is 8.40. The van der Waals surface area contributed by atoms with Gasteiger partial charge in [0.1, 0.15) is 17.1 Å². The number of nitrogens with one attached hydrogen (secondary N) is 1. The Morgan fingerprint density at radius 1 is 1.23 bits per heavy atom. The van der Waals surface area contributed by atoms with Gasteiger partial charge in [-0.15, -0.1) is 0 Å². The molecule has 0 radical (unpaired) electrons. The maximum Gasteiger partial charge on any atom is 0.341 e. The van der Waals surface area contributed by atoms with Gasteiger partial charge in [-0.25, -0.2) is 17.6 Å². The summed E-state index contributed by atoms with van der Waals surface area (Å²) in [5.41, 5.74) is 0.579. The van der Waals surface area contributed by atoms with E-state index >= 15 is 0 Å². The van der Waals surface area contributed by atoms with Crippen LogP contribution in [0.5, 0.6) is 5.75 Å². The number of hydrogen-bond donors (Lipinski definition) is 2. The van der Waals surface area contributed by atoms with E-state index in [-0.39, 0.29) is 33.2 Å². The van der Waals surface area contributed by atoms with Crippen molar-refractivity contribution in [1.29, 1.82) is 0 Å². The Labute approximate surface area is 206 Å². The van der Waals surface area contributed by atoms with E-state index in [2.05, 4.69) is 23.5 Å². The zero-order valence-corrected chi connectivity index (χ0v) is 21.4. The average Bonchev–Trinajstić information content (AvgIpc) is 3.56. The van der Waals surface area contributed by atoms with Crippen LogP contribution in [0.1, 0.15) is 61.5 Å². The van der Waals surface area contributed by atoms with Gasteiger partial charge in [0.25, 0.3) is 10.0 Å². The van der Waals surface area contributed by atoms with Gasteiger partial charge in [0.2, 0.25) is 0 Å². The van der Waals surface area contributed by atoms with Gasteiger partial charge < -0.3 is 14.7 Å². The third-order valence-electron chi connectivity index (χ3n) is 6.94. The molecule has 0 aromatic heterocycles. The van der Waals surface area contributed by atoms with Crippen LogP contribution in [0.3, 0.4) is 0 Å². The number of rotatable bonds is 10. The summed E-state index contributed by atoms with van der Waals surface area (Å²) in [6.07, 6.45) is 1.28. The molecular weight excluding hydrogens is 471 g/mol. The van der Waals surface area contributed by atoms with Crippen LogP contribution in [0.25, 0.3) is 0 Å². The van der Waals surface area contributed by atoms with Crippen LogP contribution in [-0.2, 0) is 16.4 Å². The molecule has 2 atom stereocenters. The van der Waals surface area contributed by atoms with E-state index in [9.17, 15) is 22.7 Å². The average molecular weight is 505 g/mol. The molecule has 1 heterocycles. The van der Waals surface area contributed by atoms with Crippen molar-refractivity contribution in [3.63, 3.8) is 0 Å². The number of carboxylic acids is 1. The van der Waals surface area contributed by atoms with Crippen LogP contribution in [0.15, 0.2) is 35.2 Å². The SMILES string of the molecule is CCN(CC)CC(C)(C)Cc1cc(F)ccc1S(=O)(=O)Nc1ccc2c(c1C(=O)O)OC[C@@H]1C[C@H]21. The number of sulfonamides is 1. The van der Waals surface area contributed by atoms with E-state index in [4.69, 9.17) is 4.74 Å². The number of benzene rings is 2. The van der Waals surface area contributed by atoms with Crippen molar-refractivity contribution in [2.45, 2.75) is 51.3 Å². The molecule has 1 saturated carbocycles. The second-order valence-corrected chi connectivity index (χ2v) is 11.9. The maximum atomic E-state index is 14.2. The fraction of sp³-hybridized carbons (Fsp3) is 0.500. The summed E-state index contributed by atoms with van der Waals surface area (Å²) in [6, 6.07) is 6.82. The largest absolute Gasteiger partial charge is 0.492 e. The fourth-order valence-corrected chi connectivity index (χ4v) is 6.41. The summed E-state index contributed by atoms with van der Waals surface area (Å²) < 4.78 is 49.4. The van der Waals surface area contributed by atoms with Gasteiger partial charge in [-0.1, -0.05) is 33.8 Å². The molecule has 190 valence electrons. The Morgan fingerprint density at radius 3 is 2.60 bits per heavy atom. The number of carboxylic acid groups (broad SMARTS) is 1. The van der Waals surface area contributed by atoms with E-state index in [1.165, 1.54) is 18.2 Å². The number of fused-ring (bicyclic) bond motifs is 3. The lowest BCUT2D eigenvalue weighted by molar-refractivity contribution is 0.0692. The smallest absolute Gasteiger partial charge is 0.341 e. The summed E-state index contributed by atoms with van der Waals surface area (Å²) in [7, 11) is -4.21. The predicted octanol–water partition coefficient (Wildman–Crippen LogP) is 4.73. The highest BCUT2D eigenvalue weighted by Gasteiger charge is 2.45. The van der Waals surface area contributed by atoms with Crippen molar-refractivity contribution in [3.8, 4) is 5.75 Å². The monoisotopic (exact) mass is 504 g/mol. The summed E-state index contributed by atoms with van der Waals surface area (Å²) >= 11 is 0. The molecule has 2 aliphatic rings. The quantitative estimate of drug-likeness (QED) is 0.486. The van der Waals surface area contributed by atoms with E-state index in [0.717, 1.165) is 37.7 Å². The minimum absolute atomic E-state index is 0.0620. The first-order valence-electron chi connectivity index (χ1n) is 12.0. The van der Waals surface area contributed by atoms with Crippen LogP contribution in [0, 0.1) is 17.2 Å². The number of ether oxygens (including phenoxy) is 1. The van der Waals surface area contributed by atoms with Crippen LogP contribution in [-0.4, -0.2) is 50.6 Å². The predicted molar refractivity (Wildman–Crippen MR) is 132 cm³/mol. The number of anilines is 1. The van der Waals surface area contributed by atoms with Crippen molar-refractivity contribution >= 4 is 21.7 Å². The van der Waals surface area contributed by atoms with Crippen LogP contribution in [0.4, 0.5) is 10.1 Å². The van der Waals surface area contributed by atoms with Crippen molar-refractivity contribution in [3.05, 3.63) is 52.8 Å². The normalized spacial score (nSPS) is 19.0. The number of hydrogen-bond acceptors (Lipinski definition) is 5. The fourth-order valence-electron chi connectivity index (χ4n) is 5.12. The highest BCUT2D eigenvalue weighted by Crippen LogP contribution is 2.55. The summed E-state index contributed by atoms with van der Waals surface area (Å²) in [5.74, 6) is -0.896. The van der Waals surface area contributed by atoms with Gasteiger partial charge in [0.15, 0.2) is 0 Å². The van der Waals surface area contributed by atoms with Crippen molar-refractivity contribution in [2.75, 3.05) is 31.0 Å². The lowest BCUT2D eigenvalue weighted by Gasteiger charge is -2.32. The highest BCUT2D eigenvalue weighted by molar-refractivity contribution is 7.92. The molecule has 0 bridgehead atoms. The zero-order valence-electron chi connectivity index (χ0n) is 20.6. The standard InChI is InChI=1S/C26H33FN2O5S/c1-5-29(6-2)15-26(3,4)13-16-11-18(27)7-10-22(16)35(32,33)28-21-9-8-19-20-12-17(20)14-34-24(19)23(21)25(30)31/h7-11,17,20,28H,5-6,12-15H2,1-4H3,(H,30,31)/t17-,20-/m0/s1. The van der Waals surface area contributed by atoms with Crippen LogP contribution in [0.2, 0.25) is 0 Å². The van der Waals surface area contributed by atoms with Crippen molar-refractivity contribution in [2.24, 2.45) is 11.3 Å². The Balaban J connectivity index is 1.68. The molecule has 7 nitrogen and oxygen atoms in total. The maximum absolute atomic E-state index is 14.2. The molecule has 4 rings (SSSR count). The molecule has 2 N–H and O–H groups in total. The van der Waals surface area contributed by atoms with Gasteiger partial charge in [0, 0.05) is 12.5 Å². The number of halogens is 1. The first-order chi connectivity index (χ1) is 16.5. The molecule has 2 aromatic carbocycles. The Bertz CT molecular complexity index is 1240. The minimum atomic E-state index is -4.21. The number of nitrogens with zero attached hydrogens (tertiary/aromatic N) is 1. The summed E-state index contributed by atoms with van der Waals surface area (Å²) in [5, 5.41) is 9.89. The summed E-state index contributed by atoms with van der Waals surface area (Å²) in [4.78, 5) is 14.3. The Hall–Kier alpha value is -2.65. The first-order valence-corrected chi connectivity index (χ1v) is 13.5.